The molecule has 0 aliphatic rings. The van der Waals surface area contributed by atoms with E-state index >= 15 is 0 Å². The predicted octanol–water partition coefficient (Wildman–Crippen LogP) is 5.28. The van der Waals surface area contributed by atoms with Crippen LogP contribution in [0.3, 0.4) is 0 Å². The number of benzene rings is 3. The fourth-order valence-corrected chi connectivity index (χ4v) is 5.62. The van der Waals surface area contributed by atoms with Gasteiger partial charge < -0.3 is 10.4 Å². The van der Waals surface area contributed by atoms with Gasteiger partial charge >= 0.3 is 0 Å². The number of hydrogen-bond acceptors (Lipinski definition) is 4. The normalized spacial score (nSPS) is 12.2. The third kappa shape index (κ3) is 6.30. The Morgan fingerprint density at radius 2 is 1.65 bits per heavy atom. The van der Waals surface area contributed by atoms with E-state index in [9.17, 15) is 18.3 Å². The van der Waals surface area contributed by atoms with Crippen molar-refractivity contribution in [1.82, 2.24) is 5.32 Å². The molecule has 9 heteroatoms. The van der Waals surface area contributed by atoms with Crippen LogP contribution in [-0.4, -0.2) is 32.0 Å². The van der Waals surface area contributed by atoms with Crippen LogP contribution in [0, 0.1) is 0 Å². The van der Waals surface area contributed by atoms with E-state index in [-0.39, 0.29) is 17.4 Å². The van der Waals surface area contributed by atoms with E-state index in [0.717, 1.165) is 0 Å². The van der Waals surface area contributed by atoms with Gasteiger partial charge in [-0.1, -0.05) is 47.5 Å². The molecule has 1 amide bonds. The molecule has 3 rings (SSSR count). The molecule has 0 fully saturated rings. The number of sulfonamides is 1. The first-order valence-electron chi connectivity index (χ1n) is 10.8. The molecule has 1 atom stereocenters. The number of halogens is 2. The molecular formula is C25H26Cl2N2O4S. The van der Waals surface area contributed by atoms with E-state index in [1.807, 2.05) is 6.07 Å². The summed E-state index contributed by atoms with van der Waals surface area (Å²) in [6, 6.07) is 19.1. The number of nitrogens with one attached hydrogen (secondary N) is 1. The van der Waals surface area contributed by atoms with Crippen LogP contribution >= 0.6 is 23.2 Å². The van der Waals surface area contributed by atoms with E-state index in [1.54, 1.807) is 43.3 Å². The number of anilines is 1. The molecule has 0 spiro atoms. The summed E-state index contributed by atoms with van der Waals surface area (Å²) in [5.74, 6) is -0.184. The zero-order chi connectivity index (χ0) is 24.7. The SMILES string of the molecule is C[C@H](CCCNC(=O)c1ccccc1)N(c1cc(Cl)ccc1CO)S(=O)(=O)c1ccc(Cl)cc1. The first-order chi connectivity index (χ1) is 16.2. The lowest BCUT2D eigenvalue weighted by Gasteiger charge is -2.32. The van der Waals surface area contributed by atoms with Crippen molar-refractivity contribution in [3.63, 3.8) is 0 Å². The van der Waals surface area contributed by atoms with Crippen molar-refractivity contribution in [1.29, 1.82) is 0 Å². The highest BCUT2D eigenvalue weighted by Crippen LogP contribution is 2.33. The second-order valence-electron chi connectivity index (χ2n) is 7.80. The van der Waals surface area contributed by atoms with Gasteiger partial charge in [0.15, 0.2) is 0 Å². The minimum absolute atomic E-state index is 0.0741. The Morgan fingerprint density at radius 1 is 1.00 bits per heavy atom. The standard InChI is InChI=1S/C25H26Cl2N2O4S/c1-18(6-5-15-28-25(31)19-7-3-2-4-8-19)29(24-16-22(27)10-9-20(24)17-30)34(32,33)23-13-11-21(26)12-14-23/h2-4,7-14,16,18,30H,5-6,15,17H2,1H3,(H,28,31)/t18-/m1/s1. The van der Waals surface area contributed by atoms with Crippen LogP contribution in [0.5, 0.6) is 0 Å². The topological polar surface area (TPSA) is 86.7 Å². The quantitative estimate of drug-likeness (QED) is 0.356. The summed E-state index contributed by atoms with van der Waals surface area (Å²) >= 11 is 12.1. The lowest BCUT2D eigenvalue weighted by atomic mass is 10.1. The van der Waals surface area contributed by atoms with Crippen molar-refractivity contribution in [2.75, 3.05) is 10.8 Å². The first-order valence-corrected chi connectivity index (χ1v) is 13.0. The van der Waals surface area contributed by atoms with Gasteiger partial charge in [0.25, 0.3) is 15.9 Å². The van der Waals surface area contributed by atoms with Crippen LogP contribution in [0.15, 0.2) is 77.7 Å². The molecule has 0 aliphatic carbocycles. The molecule has 0 aromatic heterocycles. The molecule has 0 saturated heterocycles. The maximum Gasteiger partial charge on any atom is 0.264 e. The molecular weight excluding hydrogens is 495 g/mol. The van der Waals surface area contributed by atoms with Gasteiger partial charge in [0.05, 0.1) is 17.2 Å². The van der Waals surface area contributed by atoms with Gasteiger partial charge in [-0.05, 0) is 68.3 Å². The van der Waals surface area contributed by atoms with E-state index in [1.165, 1.54) is 34.6 Å². The lowest BCUT2D eigenvalue weighted by molar-refractivity contribution is 0.0952. The minimum atomic E-state index is -4.00. The molecule has 180 valence electrons. The summed E-state index contributed by atoms with van der Waals surface area (Å²) in [4.78, 5) is 12.3. The van der Waals surface area contributed by atoms with Crippen molar-refractivity contribution in [3.05, 3.63) is 94.0 Å². The second kappa shape index (κ2) is 11.7. The van der Waals surface area contributed by atoms with Crippen molar-refractivity contribution in [3.8, 4) is 0 Å². The van der Waals surface area contributed by atoms with Gasteiger partial charge in [-0.25, -0.2) is 8.42 Å². The van der Waals surface area contributed by atoms with Crippen molar-refractivity contribution < 1.29 is 18.3 Å². The highest BCUT2D eigenvalue weighted by atomic mass is 35.5. The number of aliphatic hydroxyl groups is 1. The molecule has 3 aromatic carbocycles. The van der Waals surface area contributed by atoms with Crippen molar-refractivity contribution in [2.45, 2.75) is 37.3 Å². The molecule has 0 bridgehead atoms. The van der Waals surface area contributed by atoms with Gasteiger partial charge in [-0.3, -0.25) is 9.10 Å². The zero-order valence-corrected chi connectivity index (χ0v) is 20.9. The monoisotopic (exact) mass is 520 g/mol. The Kier molecular flexibility index (Phi) is 8.97. The zero-order valence-electron chi connectivity index (χ0n) is 18.6. The molecule has 0 unspecified atom stereocenters. The molecule has 6 nitrogen and oxygen atoms in total. The Labute approximate surface area is 210 Å². The summed E-state index contributed by atoms with van der Waals surface area (Å²) < 4.78 is 28.6. The number of carbonyl (C=O) groups is 1. The smallest absolute Gasteiger partial charge is 0.264 e. The fraction of sp³-hybridized carbons (Fsp3) is 0.240. The predicted molar refractivity (Wildman–Crippen MR) is 136 cm³/mol. The Morgan fingerprint density at radius 3 is 2.29 bits per heavy atom. The van der Waals surface area contributed by atoms with Gasteiger partial charge in [0, 0.05) is 33.8 Å². The van der Waals surface area contributed by atoms with Gasteiger partial charge in [-0.15, -0.1) is 0 Å². The number of aliphatic hydroxyl groups excluding tert-OH is 1. The third-order valence-electron chi connectivity index (χ3n) is 5.35. The maximum absolute atomic E-state index is 13.7. The summed E-state index contributed by atoms with van der Waals surface area (Å²) in [5.41, 5.74) is 1.31. The average molecular weight is 521 g/mol. The van der Waals surface area contributed by atoms with Crippen molar-refractivity contribution >= 4 is 44.8 Å². The second-order valence-corrected chi connectivity index (χ2v) is 10.5. The fourth-order valence-electron chi connectivity index (χ4n) is 3.61. The highest BCUT2D eigenvalue weighted by Gasteiger charge is 2.31. The molecule has 34 heavy (non-hydrogen) atoms. The third-order valence-corrected chi connectivity index (χ3v) is 7.78. The number of carbonyl (C=O) groups excluding carboxylic acids is 1. The van der Waals surface area contributed by atoms with Crippen LogP contribution in [0.4, 0.5) is 5.69 Å². The number of amides is 1. The highest BCUT2D eigenvalue weighted by molar-refractivity contribution is 7.92. The summed E-state index contributed by atoms with van der Waals surface area (Å²) in [7, 11) is -4.00. The molecule has 3 aromatic rings. The van der Waals surface area contributed by atoms with Crippen molar-refractivity contribution in [2.24, 2.45) is 0 Å². The minimum Gasteiger partial charge on any atom is -0.392 e. The number of hydrogen-bond donors (Lipinski definition) is 2. The van der Waals surface area contributed by atoms with Gasteiger partial charge in [0.1, 0.15) is 0 Å². The van der Waals surface area contributed by atoms with Crippen LogP contribution in [-0.2, 0) is 16.6 Å². The van der Waals surface area contributed by atoms with Crippen LogP contribution in [0.2, 0.25) is 10.0 Å². The van der Waals surface area contributed by atoms with Crippen LogP contribution < -0.4 is 9.62 Å². The average Bonchev–Trinajstić information content (AvgIpc) is 2.82. The van der Waals surface area contributed by atoms with Crippen LogP contribution in [0.25, 0.3) is 0 Å². The lowest BCUT2D eigenvalue weighted by Crippen LogP contribution is -2.40. The summed E-state index contributed by atoms with van der Waals surface area (Å²) in [6.45, 7) is 1.82. The van der Waals surface area contributed by atoms with E-state index in [2.05, 4.69) is 5.32 Å². The van der Waals surface area contributed by atoms with Gasteiger partial charge in [-0.2, -0.15) is 0 Å². The molecule has 0 heterocycles. The maximum atomic E-state index is 13.7. The molecule has 0 aliphatic heterocycles. The van der Waals surface area contributed by atoms with E-state index < -0.39 is 16.1 Å². The van der Waals surface area contributed by atoms with E-state index in [0.29, 0.717) is 46.2 Å². The number of rotatable bonds is 10. The Bertz CT molecular complexity index is 1220. The molecule has 0 saturated carbocycles. The Balaban J connectivity index is 1.83. The van der Waals surface area contributed by atoms with Crippen LogP contribution in [0.1, 0.15) is 35.7 Å². The largest absolute Gasteiger partial charge is 0.392 e. The molecule has 2 N–H and O–H groups in total. The van der Waals surface area contributed by atoms with Gasteiger partial charge in [0.2, 0.25) is 0 Å². The first kappa shape index (κ1) is 26.0. The summed E-state index contributed by atoms with van der Waals surface area (Å²) in [6.07, 6.45) is 1.00. The Hall–Kier alpha value is -2.58. The summed E-state index contributed by atoms with van der Waals surface area (Å²) in [5, 5.41) is 13.5. The molecule has 0 radical (unpaired) electrons. The number of nitrogens with zero attached hydrogens (tertiary/aromatic N) is 1. The van der Waals surface area contributed by atoms with E-state index in [4.69, 9.17) is 23.2 Å².